The van der Waals surface area contributed by atoms with Crippen LogP contribution < -0.4 is 10.1 Å². The van der Waals surface area contributed by atoms with Crippen molar-refractivity contribution in [2.24, 2.45) is 7.05 Å². The number of nitrogens with one attached hydrogen (secondary N) is 1. The molecule has 0 bridgehead atoms. The van der Waals surface area contributed by atoms with Crippen molar-refractivity contribution in [1.82, 2.24) is 15.1 Å². The molecule has 0 spiro atoms. The summed E-state index contributed by atoms with van der Waals surface area (Å²) in [6.45, 7) is 2.64. The summed E-state index contributed by atoms with van der Waals surface area (Å²) >= 11 is 1.79. The topological polar surface area (TPSA) is 39.1 Å². The van der Waals surface area contributed by atoms with Crippen LogP contribution in [0.5, 0.6) is 5.88 Å². The SMILES string of the molecule is COc1c(CNC2CCSc3ccc(F)cc32)c(C)nn1C.Cl. The summed E-state index contributed by atoms with van der Waals surface area (Å²) in [5.74, 6) is 1.64. The molecule has 2 aromatic rings. The van der Waals surface area contributed by atoms with Crippen LogP contribution in [0, 0.1) is 12.7 Å². The molecule has 7 heteroatoms. The molecule has 1 aromatic carbocycles. The van der Waals surface area contributed by atoms with Gasteiger partial charge in [-0.25, -0.2) is 9.07 Å². The monoisotopic (exact) mass is 357 g/mol. The predicted molar refractivity (Wildman–Crippen MR) is 93.1 cm³/mol. The molecule has 1 N–H and O–H groups in total. The third-order valence-corrected chi connectivity index (χ3v) is 5.14. The molecule has 0 amide bonds. The molecule has 0 saturated heterocycles. The average Bonchev–Trinajstić information content (AvgIpc) is 2.78. The maximum atomic E-state index is 13.5. The van der Waals surface area contributed by atoms with Gasteiger partial charge in [0, 0.05) is 24.5 Å². The third-order valence-electron chi connectivity index (χ3n) is 4.02. The number of thioether (sulfide) groups is 1. The molecule has 0 saturated carbocycles. The largest absolute Gasteiger partial charge is 0.481 e. The minimum atomic E-state index is -0.178. The van der Waals surface area contributed by atoms with Crippen molar-refractivity contribution in [3.05, 3.63) is 40.8 Å². The van der Waals surface area contributed by atoms with E-state index in [2.05, 4.69) is 10.4 Å². The first-order chi connectivity index (χ1) is 10.6. The summed E-state index contributed by atoms with van der Waals surface area (Å²) in [6, 6.07) is 5.21. The zero-order chi connectivity index (χ0) is 15.7. The van der Waals surface area contributed by atoms with Crippen molar-refractivity contribution < 1.29 is 9.13 Å². The summed E-state index contributed by atoms with van der Waals surface area (Å²) in [6.07, 6.45) is 0.989. The van der Waals surface area contributed by atoms with Gasteiger partial charge in [-0.2, -0.15) is 5.10 Å². The Kier molecular flexibility index (Phi) is 5.95. The Morgan fingerprint density at radius 3 is 3.00 bits per heavy atom. The lowest BCUT2D eigenvalue weighted by Gasteiger charge is -2.26. The first kappa shape index (κ1) is 18.1. The second-order valence-corrected chi connectivity index (χ2v) is 6.59. The summed E-state index contributed by atoms with van der Waals surface area (Å²) in [7, 11) is 3.53. The Morgan fingerprint density at radius 1 is 1.48 bits per heavy atom. The Balaban J connectivity index is 0.00000192. The van der Waals surface area contributed by atoms with Gasteiger partial charge in [-0.05, 0) is 42.9 Å². The molecule has 2 heterocycles. The zero-order valence-electron chi connectivity index (χ0n) is 13.4. The number of nitrogens with zero attached hydrogens (tertiary/aromatic N) is 2. The molecule has 1 aliphatic rings. The quantitative estimate of drug-likeness (QED) is 0.907. The van der Waals surface area contributed by atoms with Crippen LogP contribution in [0.1, 0.15) is 29.3 Å². The van der Waals surface area contributed by atoms with Crippen molar-refractivity contribution in [3.63, 3.8) is 0 Å². The molecule has 1 aliphatic heterocycles. The Morgan fingerprint density at radius 2 is 2.26 bits per heavy atom. The van der Waals surface area contributed by atoms with E-state index in [-0.39, 0.29) is 24.3 Å². The number of halogens is 2. The van der Waals surface area contributed by atoms with Crippen LogP contribution in [-0.2, 0) is 13.6 Å². The van der Waals surface area contributed by atoms with Gasteiger partial charge in [0.1, 0.15) is 5.82 Å². The van der Waals surface area contributed by atoms with E-state index in [1.807, 2.05) is 20.0 Å². The van der Waals surface area contributed by atoms with Crippen molar-refractivity contribution in [3.8, 4) is 5.88 Å². The van der Waals surface area contributed by atoms with Crippen LogP contribution in [0.3, 0.4) is 0 Å². The van der Waals surface area contributed by atoms with Gasteiger partial charge in [0.05, 0.1) is 18.4 Å². The Hall–Kier alpha value is -1.24. The number of rotatable bonds is 4. The molecule has 4 nitrogen and oxygen atoms in total. The Bertz CT molecular complexity index is 692. The number of hydrogen-bond acceptors (Lipinski definition) is 4. The molecule has 1 atom stereocenters. The van der Waals surface area contributed by atoms with Crippen LogP contribution in [0.25, 0.3) is 0 Å². The minimum absolute atomic E-state index is 0. The van der Waals surface area contributed by atoms with Crippen LogP contribution >= 0.6 is 24.2 Å². The van der Waals surface area contributed by atoms with Gasteiger partial charge in [0.25, 0.3) is 0 Å². The lowest BCUT2D eigenvalue weighted by atomic mass is 10.0. The molecule has 23 heavy (non-hydrogen) atoms. The van der Waals surface area contributed by atoms with Crippen LogP contribution in [0.15, 0.2) is 23.1 Å². The van der Waals surface area contributed by atoms with Gasteiger partial charge in [-0.1, -0.05) is 0 Å². The maximum absolute atomic E-state index is 13.5. The number of benzene rings is 1. The summed E-state index contributed by atoms with van der Waals surface area (Å²) in [4.78, 5) is 1.17. The second kappa shape index (κ2) is 7.55. The molecule has 1 aromatic heterocycles. The Labute approximate surface area is 146 Å². The average molecular weight is 358 g/mol. The number of aryl methyl sites for hydroxylation is 2. The summed E-state index contributed by atoms with van der Waals surface area (Å²) in [5, 5.41) is 7.93. The number of fused-ring (bicyclic) bond motifs is 1. The smallest absolute Gasteiger partial charge is 0.216 e. The molecular weight excluding hydrogens is 337 g/mol. The van der Waals surface area contributed by atoms with Crippen LogP contribution in [0.4, 0.5) is 4.39 Å². The first-order valence-corrected chi connectivity index (χ1v) is 8.30. The molecule has 0 aliphatic carbocycles. The normalized spacial score (nSPS) is 16.6. The van der Waals surface area contributed by atoms with Gasteiger partial charge >= 0.3 is 0 Å². The minimum Gasteiger partial charge on any atom is -0.481 e. The molecular formula is C16H21ClFN3OS. The molecule has 3 rings (SSSR count). The van der Waals surface area contributed by atoms with E-state index in [1.54, 1.807) is 29.6 Å². The van der Waals surface area contributed by atoms with E-state index in [1.165, 1.54) is 11.0 Å². The van der Waals surface area contributed by atoms with Gasteiger partial charge in [0.15, 0.2) is 0 Å². The fourth-order valence-corrected chi connectivity index (χ4v) is 4.05. The van der Waals surface area contributed by atoms with E-state index in [9.17, 15) is 4.39 Å². The van der Waals surface area contributed by atoms with Crippen LogP contribution in [-0.4, -0.2) is 22.6 Å². The highest BCUT2D eigenvalue weighted by molar-refractivity contribution is 7.99. The highest BCUT2D eigenvalue weighted by atomic mass is 35.5. The second-order valence-electron chi connectivity index (χ2n) is 5.45. The number of methoxy groups -OCH3 is 1. The third kappa shape index (κ3) is 3.65. The lowest BCUT2D eigenvalue weighted by molar-refractivity contribution is 0.366. The van der Waals surface area contributed by atoms with Crippen molar-refractivity contribution in [2.75, 3.05) is 12.9 Å². The summed E-state index contributed by atoms with van der Waals surface area (Å²) < 4.78 is 20.7. The standard InChI is InChI=1S/C16H20FN3OS.ClH/c1-10-13(16(21-3)20(2)19-10)9-18-14-6-7-22-15-5-4-11(17)8-12(14)15;/h4-5,8,14,18H,6-7,9H2,1-3H3;1H. The highest BCUT2D eigenvalue weighted by Gasteiger charge is 2.22. The molecule has 1 unspecified atom stereocenters. The predicted octanol–water partition coefficient (Wildman–Crippen LogP) is 3.62. The van der Waals surface area contributed by atoms with E-state index >= 15 is 0 Å². The van der Waals surface area contributed by atoms with E-state index in [0.29, 0.717) is 6.54 Å². The maximum Gasteiger partial charge on any atom is 0.216 e. The fourth-order valence-electron chi connectivity index (χ4n) is 2.94. The van der Waals surface area contributed by atoms with Gasteiger partial charge < -0.3 is 10.1 Å². The molecule has 0 radical (unpaired) electrons. The summed E-state index contributed by atoms with van der Waals surface area (Å²) in [5.41, 5.74) is 3.06. The first-order valence-electron chi connectivity index (χ1n) is 7.32. The molecule has 126 valence electrons. The molecule has 0 fully saturated rings. The number of ether oxygens (including phenoxy) is 1. The number of aromatic nitrogens is 2. The van der Waals surface area contributed by atoms with Crippen molar-refractivity contribution in [1.29, 1.82) is 0 Å². The van der Waals surface area contributed by atoms with Crippen molar-refractivity contribution in [2.45, 2.75) is 30.8 Å². The van der Waals surface area contributed by atoms with E-state index < -0.39 is 0 Å². The lowest BCUT2D eigenvalue weighted by Crippen LogP contribution is -2.24. The van der Waals surface area contributed by atoms with E-state index in [4.69, 9.17) is 4.74 Å². The number of hydrogen-bond donors (Lipinski definition) is 1. The van der Waals surface area contributed by atoms with E-state index in [0.717, 1.165) is 34.9 Å². The van der Waals surface area contributed by atoms with Gasteiger partial charge in [-0.15, -0.1) is 24.2 Å². The zero-order valence-corrected chi connectivity index (χ0v) is 15.1. The fraction of sp³-hybridized carbons (Fsp3) is 0.438. The van der Waals surface area contributed by atoms with Gasteiger partial charge in [-0.3, -0.25) is 0 Å². The van der Waals surface area contributed by atoms with Crippen molar-refractivity contribution >= 4 is 24.2 Å². The van der Waals surface area contributed by atoms with Gasteiger partial charge in [0.2, 0.25) is 5.88 Å². The highest BCUT2D eigenvalue weighted by Crippen LogP contribution is 2.37. The van der Waals surface area contributed by atoms with Crippen LogP contribution in [0.2, 0.25) is 0 Å².